The number of rotatable bonds is 6. The molecule has 3 heterocycles. The maximum Gasteiger partial charge on any atom is 0.335 e. The molecule has 1 aliphatic rings. The molecule has 170 valence electrons. The van der Waals surface area contributed by atoms with Gasteiger partial charge in [-0.05, 0) is 60.7 Å². The number of carbonyl (C=O) groups is 1. The molecule has 0 amide bonds. The van der Waals surface area contributed by atoms with Crippen LogP contribution in [0.3, 0.4) is 0 Å². The Hall–Kier alpha value is -4.17. The fourth-order valence-corrected chi connectivity index (χ4v) is 4.51. The number of anilines is 1. The Balaban J connectivity index is 1.59. The smallest absolute Gasteiger partial charge is 0.335 e. The van der Waals surface area contributed by atoms with Crippen LogP contribution in [0.4, 0.5) is 5.69 Å². The first-order valence-electron chi connectivity index (χ1n) is 10.6. The fourth-order valence-electron chi connectivity index (χ4n) is 4.18. The third-order valence-corrected chi connectivity index (χ3v) is 6.09. The summed E-state index contributed by atoms with van der Waals surface area (Å²) in [6, 6.07) is 23.2. The van der Waals surface area contributed by atoms with Crippen LogP contribution in [0.5, 0.6) is 5.75 Å². The molecule has 2 aromatic heterocycles. The van der Waals surface area contributed by atoms with Crippen molar-refractivity contribution in [3.8, 4) is 17.1 Å². The zero-order valence-corrected chi connectivity index (χ0v) is 19.0. The van der Waals surface area contributed by atoms with E-state index in [4.69, 9.17) is 21.4 Å². The molecular formula is C26H21N3O4S. The van der Waals surface area contributed by atoms with E-state index in [0.717, 1.165) is 16.9 Å². The molecule has 1 fully saturated rings. The molecule has 1 aliphatic heterocycles. The Kier molecular flexibility index (Phi) is 5.73. The number of para-hydroxylation sites is 2. The van der Waals surface area contributed by atoms with E-state index in [9.17, 15) is 9.90 Å². The molecule has 2 N–H and O–H groups in total. The second-order valence-corrected chi connectivity index (χ2v) is 8.14. The van der Waals surface area contributed by atoms with E-state index in [0.29, 0.717) is 22.4 Å². The predicted molar refractivity (Wildman–Crippen MR) is 132 cm³/mol. The van der Waals surface area contributed by atoms with Gasteiger partial charge in [-0.1, -0.05) is 30.3 Å². The average Bonchev–Trinajstić information content (AvgIpc) is 3.49. The highest BCUT2D eigenvalue weighted by atomic mass is 32.1. The number of benzene rings is 2. The van der Waals surface area contributed by atoms with Crippen LogP contribution < -0.4 is 15.0 Å². The maximum absolute atomic E-state index is 11.2. The van der Waals surface area contributed by atoms with E-state index < -0.39 is 5.97 Å². The van der Waals surface area contributed by atoms with Gasteiger partial charge in [0, 0.05) is 11.8 Å². The van der Waals surface area contributed by atoms with Gasteiger partial charge in [0.25, 0.3) is 0 Å². The number of hydrogen-bond donors (Lipinski definition) is 2. The highest BCUT2D eigenvalue weighted by molar-refractivity contribution is 7.80. The zero-order chi connectivity index (χ0) is 23.7. The number of ether oxygens (including phenoxy) is 1. The molecule has 2 aromatic carbocycles. The van der Waals surface area contributed by atoms with Gasteiger partial charge in [-0.3, -0.25) is 4.98 Å². The van der Waals surface area contributed by atoms with Crippen LogP contribution in [0.25, 0.3) is 11.3 Å². The molecule has 34 heavy (non-hydrogen) atoms. The maximum atomic E-state index is 11.2. The first-order chi connectivity index (χ1) is 16.6. The Morgan fingerprint density at radius 2 is 1.82 bits per heavy atom. The summed E-state index contributed by atoms with van der Waals surface area (Å²) in [5.74, 6) is 1.04. The molecule has 1 saturated heterocycles. The molecule has 8 heteroatoms. The molecule has 0 bridgehead atoms. The summed E-state index contributed by atoms with van der Waals surface area (Å²) in [5, 5.41) is 13.1. The van der Waals surface area contributed by atoms with E-state index in [1.165, 1.54) is 0 Å². The van der Waals surface area contributed by atoms with Gasteiger partial charge in [-0.2, -0.15) is 0 Å². The van der Waals surface area contributed by atoms with Crippen molar-refractivity contribution in [2.75, 3.05) is 12.0 Å². The fraction of sp³-hybridized carbons (Fsp3) is 0.115. The van der Waals surface area contributed by atoms with E-state index >= 15 is 0 Å². The van der Waals surface area contributed by atoms with Gasteiger partial charge in [0.1, 0.15) is 23.3 Å². The quantitative estimate of drug-likeness (QED) is 0.370. The van der Waals surface area contributed by atoms with Crippen LogP contribution in [0.1, 0.15) is 33.9 Å². The van der Waals surface area contributed by atoms with Crippen molar-refractivity contribution in [2.24, 2.45) is 0 Å². The lowest BCUT2D eigenvalue weighted by molar-refractivity contribution is 0.0697. The van der Waals surface area contributed by atoms with Crippen LogP contribution >= 0.6 is 12.2 Å². The summed E-state index contributed by atoms with van der Waals surface area (Å²) >= 11 is 5.76. The molecule has 5 rings (SSSR count). The predicted octanol–water partition coefficient (Wildman–Crippen LogP) is 5.23. The van der Waals surface area contributed by atoms with Gasteiger partial charge in [0.15, 0.2) is 5.11 Å². The van der Waals surface area contributed by atoms with Crippen LogP contribution in [-0.2, 0) is 0 Å². The van der Waals surface area contributed by atoms with Crippen molar-refractivity contribution in [3.63, 3.8) is 0 Å². The number of aromatic nitrogens is 1. The number of hydrogen-bond acceptors (Lipinski definition) is 5. The lowest BCUT2D eigenvalue weighted by atomic mass is 10.0. The molecule has 0 unspecified atom stereocenters. The lowest BCUT2D eigenvalue weighted by Gasteiger charge is -2.27. The summed E-state index contributed by atoms with van der Waals surface area (Å²) in [5.41, 5.74) is 2.65. The van der Waals surface area contributed by atoms with Crippen LogP contribution in [0.15, 0.2) is 89.5 Å². The minimum Gasteiger partial charge on any atom is -0.495 e. The van der Waals surface area contributed by atoms with E-state index in [1.54, 1.807) is 37.6 Å². The number of carboxylic acids is 1. The summed E-state index contributed by atoms with van der Waals surface area (Å²) in [7, 11) is 1.63. The molecule has 7 nitrogen and oxygen atoms in total. The third kappa shape index (κ3) is 3.88. The molecule has 0 radical (unpaired) electrons. The largest absolute Gasteiger partial charge is 0.495 e. The van der Waals surface area contributed by atoms with E-state index in [1.807, 2.05) is 59.5 Å². The Labute approximate surface area is 201 Å². The number of nitrogens with one attached hydrogen (secondary N) is 1. The SMILES string of the molecule is COc1ccccc1N1C(=S)N[C@H](c2ccccn2)[C@H]1c1ccc(-c2ccc(C(=O)O)cc2)o1. The third-order valence-electron chi connectivity index (χ3n) is 5.78. The second-order valence-electron chi connectivity index (χ2n) is 7.75. The normalized spacial score (nSPS) is 17.4. The highest BCUT2D eigenvalue weighted by Crippen LogP contribution is 2.45. The Morgan fingerprint density at radius 1 is 1.06 bits per heavy atom. The molecule has 0 aliphatic carbocycles. The number of nitrogens with zero attached hydrogens (tertiary/aromatic N) is 2. The molecule has 4 aromatic rings. The number of methoxy groups -OCH3 is 1. The molecule has 2 atom stereocenters. The van der Waals surface area contributed by atoms with Gasteiger partial charge in [-0.15, -0.1) is 0 Å². The number of thiocarbonyl (C=S) groups is 1. The van der Waals surface area contributed by atoms with Gasteiger partial charge < -0.3 is 24.5 Å². The van der Waals surface area contributed by atoms with E-state index in [-0.39, 0.29) is 17.6 Å². The number of carboxylic acid groups (broad SMARTS) is 1. The lowest BCUT2D eigenvalue weighted by Crippen LogP contribution is -2.29. The van der Waals surface area contributed by atoms with Crippen LogP contribution in [0, 0.1) is 0 Å². The minimum atomic E-state index is -0.970. The topological polar surface area (TPSA) is 87.8 Å². The second kappa shape index (κ2) is 8.99. The molecular weight excluding hydrogens is 450 g/mol. The summed E-state index contributed by atoms with van der Waals surface area (Å²) < 4.78 is 11.9. The monoisotopic (exact) mass is 471 g/mol. The zero-order valence-electron chi connectivity index (χ0n) is 18.2. The van der Waals surface area contributed by atoms with Crippen molar-refractivity contribution in [1.82, 2.24) is 10.3 Å². The van der Waals surface area contributed by atoms with E-state index in [2.05, 4.69) is 10.3 Å². The van der Waals surface area contributed by atoms with Crippen molar-refractivity contribution in [2.45, 2.75) is 12.1 Å². The summed E-state index contributed by atoms with van der Waals surface area (Å²) in [6.07, 6.45) is 1.75. The summed E-state index contributed by atoms with van der Waals surface area (Å²) in [6.45, 7) is 0. The van der Waals surface area contributed by atoms with Crippen molar-refractivity contribution in [3.05, 3.63) is 102 Å². The van der Waals surface area contributed by atoms with Gasteiger partial charge in [0.05, 0.1) is 30.1 Å². The highest BCUT2D eigenvalue weighted by Gasteiger charge is 2.43. The van der Waals surface area contributed by atoms with Gasteiger partial charge >= 0.3 is 5.97 Å². The van der Waals surface area contributed by atoms with Gasteiger partial charge in [-0.25, -0.2) is 4.79 Å². The number of pyridine rings is 1. The molecule has 0 spiro atoms. The Morgan fingerprint density at radius 3 is 2.53 bits per heavy atom. The van der Waals surface area contributed by atoms with Crippen molar-refractivity contribution < 1.29 is 19.1 Å². The van der Waals surface area contributed by atoms with Crippen molar-refractivity contribution >= 4 is 29.0 Å². The average molecular weight is 472 g/mol. The first-order valence-corrected chi connectivity index (χ1v) is 11.0. The Bertz CT molecular complexity index is 1340. The summed E-state index contributed by atoms with van der Waals surface area (Å²) in [4.78, 5) is 17.7. The first kappa shape index (κ1) is 21.7. The van der Waals surface area contributed by atoms with Gasteiger partial charge in [0.2, 0.25) is 0 Å². The van der Waals surface area contributed by atoms with Crippen LogP contribution in [0.2, 0.25) is 0 Å². The minimum absolute atomic E-state index is 0.221. The van der Waals surface area contributed by atoms with Crippen LogP contribution in [-0.4, -0.2) is 28.3 Å². The number of aromatic carboxylic acids is 1. The van der Waals surface area contributed by atoms with Crippen molar-refractivity contribution in [1.29, 1.82) is 0 Å². The number of furan rings is 1. The molecule has 0 saturated carbocycles. The standard InChI is InChI=1S/C26H21N3O4S/c1-32-21-8-3-2-7-19(21)29-24(23(28-26(29)34)18-6-4-5-15-27-18)22-14-13-20(33-22)16-9-11-17(12-10-16)25(30)31/h2-15,23-24H,1H3,(H,28,34)(H,30,31)/t23-,24-/m1/s1.